The molecule has 5 rings (SSSR count). The van der Waals surface area contributed by atoms with E-state index in [0.29, 0.717) is 11.3 Å². The third-order valence-electron chi connectivity index (χ3n) is 6.14. The zero-order chi connectivity index (χ0) is 21.4. The largest absolute Gasteiger partial charge is 0.369 e. The summed E-state index contributed by atoms with van der Waals surface area (Å²) in [4.78, 5) is 35.4. The van der Waals surface area contributed by atoms with Gasteiger partial charge in [0.15, 0.2) is 5.82 Å². The Hall–Kier alpha value is -3.39. The number of hydrogen-bond donors (Lipinski definition) is 2. The molecular formula is C23H26N6O2. The Morgan fingerprint density at radius 1 is 1.13 bits per heavy atom. The SMILES string of the molecule is CNC(=O)c1ccc(N2CCN(Cc3cnc4c(c3)NC(=O)C3=CCCN34)CC2)cc1. The van der Waals surface area contributed by atoms with E-state index in [1.807, 2.05) is 41.4 Å². The van der Waals surface area contributed by atoms with Crippen molar-refractivity contribution >= 4 is 29.0 Å². The van der Waals surface area contributed by atoms with E-state index in [9.17, 15) is 9.59 Å². The van der Waals surface area contributed by atoms with E-state index in [1.54, 1.807) is 7.05 Å². The maximum Gasteiger partial charge on any atom is 0.272 e. The molecular weight excluding hydrogens is 392 g/mol. The van der Waals surface area contributed by atoms with E-state index >= 15 is 0 Å². The van der Waals surface area contributed by atoms with Gasteiger partial charge in [-0.2, -0.15) is 0 Å². The Morgan fingerprint density at radius 3 is 2.65 bits per heavy atom. The van der Waals surface area contributed by atoms with Gasteiger partial charge >= 0.3 is 0 Å². The van der Waals surface area contributed by atoms with Gasteiger partial charge < -0.3 is 20.4 Å². The molecule has 2 amide bonds. The Morgan fingerprint density at radius 2 is 1.90 bits per heavy atom. The number of nitrogens with zero attached hydrogens (tertiary/aromatic N) is 4. The van der Waals surface area contributed by atoms with Crippen LogP contribution >= 0.6 is 0 Å². The Labute approximate surface area is 181 Å². The number of aromatic nitrogens is 1. The molecule has 0 saturated carbocycles. The van der Waals surface area contributed by atoms with Crippen molar-refractivity contribution in [2.24, 2.45) is 0 Å². The van der Waals surface area contributed by atoms with Crippen LogP contribution in [0, 0.1) is 0 Å². The number of pyridine rings is 1. The summed E-state index contributed by atoms with van der Waals surface area (Å²) in [5, 5.41) is 5.64. The predicted octanol–water partition coefficient (Wildman–Crippen LogP) is 1.81. The molecule has 0 bridgehead atoms. The van der Waals surface area contributed by atoms with E-state index in [2.05, 4.69) is 31.5 Å². The van der Waals surface area contributed by atoms with E-state index < -0.39 is 0 Å². The van der Waals surface area contributed by atoms with Gasteiger partial charge in [0.2, 0.25) is 0 Å². The molecule has 4 heterocycles. The Bertz CT molecular complexity index is 1040. The van der Waals surface area contributed by atoms with E-state index in [4.69, 9.17) is 0 Å². The van der Waals surface area contributed by atoms with Crippen LogP contribution in [0.1, 0.15) is 22.3 Å². The number of carbonyl (C=O) groups excluding carboxylic acids is 2. The number of hydrogen-bond acceptors (Lipinski definition) is 6. The van der Waals surface area contributed by atoms with Gasteiger partial charge in [-0.25, -0.2) is 4.98 Å². The highest BCUT2D eigenvalue weighted by atomic mass is 16.2. The van der Waals surface area contributed by atoms with Gasteiger partial charge in [0.05, 0.1) is 5.69 Å². The number of rotatable bonds is 4. The summed E-state index contributed by atoms with van der Waals surface area (Å²) >= 11 is 0. The summed E-state index contributed by atoms with van der Waals surface area (Å²) in [7, 11) is 1.64. The van der Waals surface area contributed by atoms with Crippen LogP contribution in [0.15, 0.2) is 48.3 Å². The zero-order valence-corrected chi connectivity index (χ0v) is 17.6. The van der Waals surface area contributed by atoms with Gasteiger partial charge in [-0.15, -0.1) is 0 Å². The second-order valence-electron chi connectivity index (χ2n) is 8.09. The van der Waals surface area contributed by atoms with Crippen molar-refractivity contribution in [3.8, 4) is 0 Å². The molecule has 2 aromatic rings. The lowest BCUT2D eigenvalue weighted by Gasteiger charge is -2.36. The first-order valence-electron chi connectivity index (χ1n) is 10.7. The van der Waals surface area contributed by atoms with E-state index in [1.165, 1.54) is 0 Å². The smallest absolute Gasteiger partial charge is 0.272 e. The number of nitrogens with one attached hydrogen (secondary N) is 2. The second kappa shape index (κ2) is 8.03. The molecule has 160 valence electrons. The maximum absolute atomic E-state index is 12.3. The van der Waals surface area contributed by atoms with Gasteiger partial charge in [0.25, 0.3) is 11.8 Å². The molecule has 0 spiro atoms. The fourth-order valence-electron chi connectivity index (χ4n) is 4.47. The molecule has 1 aromatic heterocycles. The standard InChI is InChI=1S/C23H26N6O2/c1-24-22(30)17-4-6-18(7-5-17)28-11-9-27(10-12-28)15-16-13-19-21(25-14-16)29-8-2-3-20(29)23(31)26-19/h3-7,13-14H,2,8-12,15H2,1H3,(H,24,30)(H,26,31). The summed E-state index contributed by atoms with van der Waals surface area (Å²) in [6.07, 6.45) is 4.78. The highest BCUT2D eigenvalue weighted by Crippen LogP contribution is 2.35. The fourth-order valence-corrected chi connectivity index (χ4v) is 4.47. The number of fused-ring (bicyclic) bond motifs is 3. The Kier molecular flexibility index (Phi) is 5.07. The number of amides is 2. The molecule has 0 atom stereocenters. The molecule has 31 heavy (non-hydrogen) atoms. The number of piperazine rings is 1. The van der Waals surface area contributed by atoms with Crippen LogP contribution in [0.2, 0.25) is 0 Å². The predicted molar refractivity (Wildman–Crippen MR) is 120 cm³/mol. The van der Waals surface area contributed by atoms with Crippen LogP contribution < -0.4 is 20.4 Å². The first-order valence-corrected chi connectivity index (χ1v) is 10.7. The molecule has 1 saturated heterocycles. The average Bonchev–Trinajstić information content (AvgIpc) is 3.30. The molecule has 1 fully saturated rings. The molecule has 0 aliphatic carbocycles. The maximum atomic E-state index is 12.3. The van der Waals surface area contributed by atoms with E-state index in [-0.39, 0.29) is 11.8 Å². The number of benzene rings is 1. The summed E-state index contributed by atoms with van der Waals surface area (Å²) in [6.45, 7) is 5.36. The minimum absolute atomic E-state index is 0.0417. The zero-order valence-electron chi connectivity index (χ0n) is 17.6. The highest BCUT2D eigenvalue weighted by molar-refractivity contribution is 6.11. The van der Waals surface area contributed by atoms with Crippen LogP contribution in [0.5, 0.6) is 0 Å². The van der Waals surface area contributed by atoms with Crippen molar-refractivity contribution in [1.82, 2.24) is 15.2 Å². The van der Waals surface area contributed by atoms with Crippen LogP contribution in [0.3, 0.4) is 0 Å². The van der Waals surface area contributed by atoms with Crippen molar-refractivity contribution in [3.63, 3.8) is 0 Å². The first kappa shape index (κ1) is 19.6. The average molecular weight is 419 g/mol. The topological polar surface area (TPSA) is 80.8 Å². The lowest BCUT2D eigenvalue weighted by Crippen LogP contribution is -2.46. The van der Waals surface area contributed by atoms with Crippen molar-refractivity contribution in [2.75, 3.05) is 54.9 Å². The monoisotopic (exact) mass is 418 g/mol. The highest BCUT2D eigenvalue weighted by Gasteiger charge is 2.31. The minimum atomic E-state index is -0.0665. The molecule has 8 heteroatoms. The molecule has 0 radical (unpaired) electrons. The van der Waals surface area contributed by atoms with Crippen molar-refractivity contribution < 1.29 is 9.59 Å². The normalized spacial score (nSPS) is 18.2. The molecule has 3 aliphatic heterocycles. The second-order valence-corrected chi connectivity index (χ2v) is 8.09. The molecule has 0 unspecified atom stereocenters. The van der Waals surface area contributed by atoms with Crippen molar-refractivity contribution in [1.29, 1.82) is 0 Å². The summed E-state index contributed by atoms with van der Waals surface area (Å²) < 4.78 is 0. The van der Waals surface area contributed by atoms with Crippen LogP contribution in [-0.2, 0) is 11.3 Å². The van der Waals surface area contributed by atoms with Crippen LogP contribution in [-0.4, -0.2) is 61.5 Å². The molecule has 1 aromatic carbocycles. The first-order chi connectivity index (χ1) is 15.1. The van der Waals surface area contributed by atoms with Crippen LogP contribution in [0.25, 0.3) is 0 Å². The van der Waals surface area contributed by atoms with Gasteiger partial charge in [0.1, 0.15) is 5.70 Å². The molecule has 8 nitrogen and oxygen atoms in total. The van der Waals surface area contributed by atoms with Gasteiger partial charge in [-0.3, -0.25) is 14.5 Å². The number of anilines is 3. The van der Waals surface area contributed by atoms with Crippen LogP contribution in [0.4, 0.5) is 17.2 Å². The lowest BCUT2D eigenvalue weighted by molar-refractivity contribution is -0.113. The van der Waals surface area contributed by atoms with Gasteiger partial charge in [-0.1, -0.05) is 6.08 Å². The quantitative estimate of drug-likeness (QED) is 0.788. The third-order valence-corrected chi connectivity index (χ3v) is 6.14. The molecule has 2 N–H and O–H groups in total. The minimum Gasteiger partial charge on any atom is -0.369 e. The summed E-state index contributed by atoms with van der Waals surface area (Å²) in [5.74, 6) is 0.736. The van der Waals surface area contributed by atoms with Gasteiger partial charge in [0, 0.05) is 63.8 Å². The summed E-state index contributed by atoms with van der Waals surface area (Å²) in [6, 6.07) is 9.82. The lowest BCUT2D eigenvalue weighted by atomic mass is 10.1. The Balaban J connectivity index is 1.20. The van der Waals surface area contributed by atoms with Crippen molar-refractivity contribution in [3.05, 3.63) is 59.4 Å². The third kappa shape index (κ3) is 3.74. The fraction of sp³-hybridized carbons (Fsp3) is 0.348. The number of carbonyl (C=O) groups is 2. The van der Waals surface area contributed by atoms with Gasteiger partial charge in [-0.05, 0) is 42.3 Å². The van der Waals surface area contributed by atoms with E-state index in [0.717, 1.165) is 68.4 Å². The molecule has 3 aliphatic rings. The van der Waals surface area contributed by atoms with Crippen molar-refractivity contribution in [2.45, 2.75) is 13.0 Å². The summed E-state index contributed by atoms with van der Waals surface area (Å²) in [5.41, 5.74) is 4.44.